The Morgan fingerprint density at radius 1 is 1.12 bits per heavy atom. The molecular formula is C23H26N6O2S2. The van der Waals surface area contributed by atoms with Gasteiger partial charge in [0, 0.05) is 12.5 Å². The molecule has 1 aliphatic rings. The van der Waals surface area contributed by atoms with Crippen LogP contribution in [0.4, 0.5) is 0 Å². The van der Waals surface area contributed by atoms with E-state index in [2.05, 4.69) is 11.5 Å². The molecular weight excluding hydrogens is 456 g/mol. The first-order valence-corrected chi connectivity index (χ1v) is 13.6. The maximum Gasteiger partial charge on any atom is 0.238 e. The summed E-state index contributed by atoms with van der Waals surface area (Å²) in [7, 11) is -3.78. The number of fused-ring (bicyclic) bond motifs is 1. The summed E-state index contributed by atoms with van der Waals surface area (Å²) in [6, 6.07) is 15.0. The molecule has 2 heterocycles. The molecule has 2 aromatic heterocycles. The van der Waals surface area contributed by atoms with Gasteiger partial charge in [-0.25, -0.2) is 28.2 Å². The van der Waals surface area contributed by atoms with E-state index < -0.39 is 10.0 Å². The smallest absolute Gasteiger partial charge is 0.238 e. The monoisotopic (exact) mass is 482 g/mol. The minimum absolute atomic E-state index is 0.0756. The van der Waals surface area contributed by atoms with E-state index in [1.54, 1.807) is 30.0 Å². The van der Waals surface area contributed by atoms with Crippen molar-refractivity contribution in [1.82, 2.24) is 24.3 Å². The number of hydrogen-bond acceptors (Lipinski definition) is 6. The molecule has 33 heavy (non-hydrogen) atoms. The van der Waals surface area contributed by atoms with E-state index in [4.69, 9.17) is 20.2 Å². The van der Waals surface area contributed by atoms with Crippen molar-refractivity contribution in [3.63, 3.8) is 0 Å². The zero-order chi connectivity index (χ0) is 23.0. The van der Waals surface area contributed by atoms with Gasteiger partial charge in [0.1, 0.15) is 11.6 Å². The van der Waals surface area contributed by atoms with E-state index in [1.165, 1.54) is 0 Å². The molecule has 1 fully saturated rings. The van der Waals surface area contributed by atoms with Crippen molar-refractivity contribution in [2.45, 2.75) is 60.9 Å². The summed E-state index contributed by atoms with van der Waals surface area (Å²) in [4.78, 5) is 9.66. The number of aromatic nitrogens is 5. The SMILES string of the molecule is CCCCn1c(CSc2nc(C3CC3)n(-c3ccccc3)n2)nc2cc(S(N)(=O)=O)ccc21. The molecule has 10 heteroatoms. The van der Waals surface area contributed by atoms with E-state index >= 15 is 0 Å². The molecule has 0 unspecified atom stereocenters. The molecule has 8 nitrogen and oxygen atoms in total. The normalized spacial score (nSPS) is 14.2. The number of nitrogens with zero attached hydrogens (tertiary/aromatic N) is 5. The lowest BCUT2D eigenvalue weighted by Gasteiger charge is -2.08. The van der Waals surface area contributed by atoms with E-state index in [-0.39, 0.29) is 4.90 Å². The van der Waals surface area contributed by atoms with Gasteiger partial charge in [-0.3, -0.25) is 0 Å². The number of hydrogen-bond donors (Lipinski definition) is 1. The fourth-order valence-electron chi connectivity index (χ4n) is 3.87. The average Bonchev–Trinajstić information content (AvgIpc) is 3.47. The van der Waals surface area contributed by atoms with E-state index in [1.807, 2.05) is 35.0 Å². The zero-order valence-corrected chi connectivity index (χ0v) is 20.0. The van der Waals surface area contributed by atoms with E-state index in [0.29, 0.717) is 17.2 Å². The van der Waals surface area contributed by atoms with Crippen LogP contribution >= 0.6 is 11.8 Å². The fourth-order valence-corrected chi connectivity index (χ4v) is 5.18. The van der Waals surface area contributed by atoms with Gasteiger partial charge in [-0.05, 0) is 49.6 Å². The highest BCUT2D eigenvalue weighted by Crippen LogP contribution is 2.40. The van der Waals surface area contributed by atoms with Gasteiger partial charge in [0.15, 0.2) is 0 Å². The molecule has 1 saturated carbocycles. The van der Waals surface area contributed by atoms with E-state index in [0.717, 1.165) is 60.2 Å². The summed E-state index contributed by atoms with van der Waals surface area (Å²) in [5, 5.41) is 10.8. The maximum absolute atomic E-state index is 11.8. The lowest BCUT2D eigenvalue weighted by molar-refractivity contribution is 0.598. The van der Waals surface area contributed by atoms with Gasteiger partial charge in [0.2, 0.25) is 15.2 Å². The highest BCUT2D eigenvalue weighted by molar-refractivity contribution is 7.98. The van der Waals surface area contributed by atoms with Crippen molar-refractivity contribution >= 4 is 32.8 Å². The van der Waals surface area contributed by atoms with Gasteiger partial charge < -0.3 is 4.57 Å². The highest BCUT2D eigenvalue weighted by Gasteiger charge is 2.30. The molecule has 0 bridgehead atoms. The van der Waals surface area contributed by atoms with Gasteiger partial charge in [-0.15, -0.1) is 5.10 Å². The van der Waals surface area contributed by atoms with Crippen LogP contribution in [0.1, 0.15) is 50.2 Å². The second-order valence-electron chi connectivity index (χ2n) is 8.29. The standard InChI is InChI=1S/C23H26N6O2S2/c1-2-3-13-28-20-12-11-18(33(24,30)31)14-19(20)25-21(28)15-32-23-26-22(16-9-10-16)29(27-23)17-7-5-4-6-8-17/h4-8,11-12,14,16H,2-3,9-10,13,15H2,1H3,(H2,24,30,31). The largest absolute Gasteiger partial charge is 0.327 e. The Balaban J connectivity index is 1.45. The molecule has 0 aliphatic heterocycles. The second kappa shape index (κ2) is 8.92. The van der Waals surface area contributed by atoms with Crippen molar-refractivity contribution < 1.29 is 8.42 Å². The maximum atomic E-state index is 11.8. The number of imidazole rings is 1. The number of nitrogens with two attached hydrogens (primary N) is 1. The fraction of sp³-hybridized carbons (Fsp3) is 0.348. The Bertz CT molecular complexity index is 1390. The zero-order valence-electron chi connectivity index (χ0n) is 18.4. The third-order valence-electron chi connectivity index (χ3n) is 5.75. The first-order chi connectivity index (χ1) is 15.9. The molecule has 0 radical (unpaired) electrons. The quantitative estimate of drug-likeness (QED) is 0.358. The summed E-state index contributed by atoms with van der Waals surface area (Å²) in [5.74, 6) is 2.95. The predicted octanol–water partition coefficient (Wildman–Crippen LogP) is 4.23. The summed E-state index contributed by atoms with van der Waals surface area (Å²) in [5.41, 5.74) is 2.56. The van der Waals surface area contributed by atoms with Crippen LogP contribution in [0.25, 0.3) is 16.7 Å². The molecule has 0 amide bonds. The van der Waals surface area contributed by atoms with Crippen molar-refractivity contribution in [3.8, 4) is 5.69 Å². The second-order valence-corrected chi connectivity index (χ2v) is 10.8. The van der Waals surface area contributed by atoms with Crippen LogP contribution < -0.4 is 5.14 Å². The van der Waals surface area contributed by atoms with Crippen molar-refractivity contribution in [1.29, 1.82) is 0 Å². The van der Waals surface area contributed by atoms with Crippen LogP contribution in [0.2, 0.25) is 0 Å². The number of thioether (sulfide) groups is 1. The van der Waals surface area contributed by atoms with Gasteiger partial charge >= 0.3 is 0 Å². The topological polar surface area (TPSA) is 109 Å². The van der Waals surface area contributed by atoms with Crippen molar-refractivity contribution in [3.05, 3.63) is 60.2 Å². The highest BCUT2D eigenvalue weighted by atomic mass is 32.2. The summed E-state index contributed by atoms with van der Waals surface area (Å²) >= 11 is 1.55. The van der Waals surface area contributed by atoms with Crippen LogP contribution in [0, 0.1) is 0 Å². The van der Waals surface area contributed by atoms with Crippen molar-refractivity contribution in [2.24, 2.45) is 5.14 Å². The number of unbranched alkanes of at least 4 members (excludes halogenated alkanes) is 1. The Labute approximate surface area is 197 Å². The molecule has 2 N–H and O–H groups in total. The minimum atomic E-state index is -3.78. The molecule has 2 aromatic carbocycles. The first kappa shape index (κ1) is 22.1. The first-order valence-electron chi connectivity index (χ1n) is 11.1. The van der Waals surface area contributed by atoms with Crippen LogP contribution in [-0.4, -0.2) is 32.7 Å². The predicted molar refractivity (Wildman–Crippen MR) is 129 cm³/mol. The van der Waals surface area contributed by atoms with Crippen molar-refractivity contribution in [2.75, 3.05) is 0 Å². The molecule has 0 spiro atoms. The van der Waals surface area contributed by atoms with Gasteiger partial charge in [-0.2, -0.15) is 0 Å². The van der Waals surface area contributed by atoms with E-state index in [9.17, 15) is 8.42 Å². The van der Waals surface area contributed by atoms with Crippen LogP contribution in [0.3, 0.4) is 0 Å². The number of para-hydroxylation sites is 1. The molecule has 0 atom stereocenters. The molecule has 172 valence electrons. The summed E-state index contributed by atoms with van der Waals surface area (Å²) < 4.78 is 27.7. The number of benzene rings is 2. The molecule has 1 aliphatic carbocycles. The van der Waals surface area contributed by atoms with Crippen LogP contribution in [-0.2, 0) is 22.3 Å². The third kappa shape index (κ3) is 4.68. The van der Waals surface area contributed by atoms with Gasteiger partial charge in [0.05, 0.1) is 27.4 Å². The Morgan fingerprint density at radius 2 is 1.91 bits per heavy atom. The Kier molecular flexibility index (Phi) is 5.98. The number of primary sulfonamides is 1. The van der Waals surface area contributed by atoms with Gasteiger partial charge in [-0.1, -0.05) is 43.3 Å². The molecule has 4 aromatic rings. The molecule has 5 rings (SSSR count). The Morgan fingerprint density at radius 3 is 2.61 bits per heavy atom. The number of aryl methyl sites for hydroxylation is 1. The summed E-state index contributed by atoms with van der Waals surface area (Å²) in [6.45, 7) is 2.96. The summed E-state index contributed by atoms with van der Waals surface area (Å²) in [6.07, 6.45) is 4.35. The van der Waals surface area contributed by atoms with Crippen LogP contribution in [0.15, 0.2) is 58.6 Å². The molecule has 0 saturated heterocycles. The number of rotatable bonds is 9. The lowest BCUT2D eigenvalue weighted by Crippen LogP contribution is -2.11. The minimum Gasteiger partial charge on any atom is -0.327 e. The van der Waals surface area contributed by atoms with Crippen LogP contribution in [0.5, 0.6) is 0 Å². The van der Waals surface area contributed by atoms with Gasteiger partial charge in [0.25, 0.3) is 0 Å². The average molecular weight is 483 g/mol. The lowest BCUT2D eigenvalue weighted by atomic mass is 10.3. The Hall–Kier alpha value is -2.69. The number of sulfonamides is 1. The third-order valence-corrected chi connectivity index (χ3v) is 7.49.